The molecule has 3 rings (SSSR count). The molecular weight excluding hydrogens is 306 g/mol. The van der Waals surface area contributed by atoms with Crippen molar-refractivity contribution < 1.29 is 9.21 Å². The summed E-state index contributed by atoms with van der Waals surface area (Å²) in [5.74, 6) is 1.33. The molecule has 3 aromatic rings. The van der Waals surface area contributed by atoms with Crippen LogP contribution < -0.4 is 5.56 Å². The third-order valence-corrected chi connectivity index (χ3v) is 3.98. The number of rotatable bonds is 4. The lowest BCUT2D eigenvalue weighted by Gasteiger charge is -2.16. The number of hydrogen-bond acceptors (Lipinski definition) is 4. The summed E-state index contributed by atoms with van der Waals surface area (Å²) in [5.41, 5.74) is 1.40. The first-order valence-corrected chi connectivity index (χ1v) is 7.70. The second kappa shape index (κ2) is 6.31. The summed E-state index contributed by atoms with van der Waals surface area (Å²) in [6.45, 7) is 4.07. The minimum atomic E-state index is -0.209. The fourth-order valence-corrected chi connectivity index (χ4v) is 2.61. The van der Waals surface area contributed by atoms with Gasteiger partial charge in [0.1, 0.15) is 18.1 Å². The van der Waals surface area contributed by atoms with Crippen molar-refractivity contribution in [3.63, 3.8) is 0 Å². The van der Waals surface area contributed by atoms with Crippen LogP contribution in [0.1, 0.15) is 17.1 Å². The topological polar surface area (TPSA) is 68.3 Å². The van der Waals surface area contributed by atoms with Crippen LogP contribution in [0.15, 0.2) is 45.9 Å². The molecule has 0 N–H and O–H groups in total. The van der Waals surface area contributed by atoms with Gasteiger partial charge in [-0.3, -0.25) is 14.2 Å². The maximum atomic E-state index is 12.5. The first-order valence-electron chi connectivity index (χ1n) is 7.70. The lowest BCUT2D eigenvalue weighted by atomic mass is 10.1. The minimum absolute atomic E-state index is 0.0497. The molecule has 0 aliphatic rings. The lowest BCUT2D eigenvalue weighted by Crippen LogP contribution is -2.33. The van der Waals surface area contributed by atoms with Crippen LogP contribution in [0.5, 0.6) is 0 Å². The number of fused-ring (bicyclic) bond motifs is 1. The summed E-state index contributed by atoms with van der Waals surface area (Å²) < 4.78 is 6.82. The van der Waals surface area contributed by atoms with Gasteiger partial charge in [0.2, 0.25) is 5.91 Å². The zero-order chi connectivity index (χ0) is 17.3. The Bertz CT molecular complexity index is 956. The van der Waals surface area contributed by atoms with E-state index in [1.807, 2.05) is 38.1 Å². The van der Waals surface area contributed by atoms with Gasteiger partial charge >= 0.3 is 0 Å². The van der Waals surface area contributed by atoms with Crippen LogP contribution in [0.2, 0.25) is 0 Å². The monoisotopic (exact) mass is 325 g/mol. The molecule has 6 heteroatoms. The van der Waals surface area contributed by atoms with Gasteiger partial charge in [-0.25, -0.2) is 4.98 Å². The smallest absolute Gasteiger partial charge is 0.261 e. The van der Waals surface area contributed by atoms with Crippen molar-refractivity contribution >= 4 is 16.8 Å². The second-order valence-corrected chi connectivity index (χ2v) is 5.91. The van der Waals surface area contributed by atoms with E-state index in [1.54, 1.807) is 13.1 Å². The highest BCUT2D eigenvalue weighted by Gasteiger charge is 2.14. The molecule has 0 bridgehead atoms. The molecule has 6 nitrogen and oxygen atoms in total. The number of amides is 1. The van der Waals surface area contributed by atoms with Crippen molar-refractivity contribution in [2.75, 3.05) is 7.05 Å². The number of carbonyl (C=O) groups is 1. The van der Waals surface area contributed by atoms with Gasteiger partial charge in [0.15, 0.2) is 0 Å². The lowest BCUT2D eigenvalue weighted by molar-refractivity contribution is -0.131. The van der Waals surface area contributed by atoms with E-state index in [0.717, 1.165) is 11.3 Å². The first-order chi connectivity index (χ1) is 11.5. The minimum Gasteiger partial charge on any atom is -0.464 e. The number of hydrogen-bond donors (Lipinski definition) is 0. The van der Waals surface area contributed by atoms with Crippen LogP contribution in [0.25, 0.3) is 10.9 Å². The highest BCUT2D eigenvalue weighted by Crippen LogP contribution is 2.12. The van der Waals surface area contributed by atoms with Crippen molar-refractivity contribution in [2.45, 2.75) is 26.9 Å². The molecule has 0 aliphatic carbocycles. The van der Waals surface area contributed by atoms with Crippen LogP contribution in [-0.4, -0.2) is 27.4 Å². The summed E-state index contributed by atoms with van der Waals surface area (Å²) in [6, 6.07) is 9.15. The predicted molar refractivity (Wildman–Crippen MR) is 90.7 cm³/mol. The molecule has 0 radical (unpaired) electrons. The summed E-state index contributed by atoms with van der Waals surface area (Å²) in [4.78, 5) is 30.8. The van der Waals surface area contributed by atoms with Gasteiger partial charge in [-0.1, -0.05) is 12.1 Å². The molecule has 0 spiro atoms. The number of aryl methyl sites for hydroxylation is 2. The van der Waals surface area contributed by atoms with Gasteiger partial charge < -0.3 is 9.32 Å². The number of para-hydroxylation sites is 1. The van der Waals surface area contributed by atoms with E-state index >= 15 is 0 Å². The van der Waals surface area contributed by atoms with Gasteiger partial charge in [0, 0.05) is 7.05 Å². The van der Waals surface area contributed by atoms with E-state index in [2.05, 4.69) is 4.98 Å². The average molecular weight is 325 g/mol. The van der Waals surface area contributed by atoms with Crippen molar-refractivity contribution in [1.29, 1.82) is 0 Å². The normalized spacial score (nSPS) is 11.0. The SMILES string of the molecule is Cc1ccc(CN(C)C(=O)Cn2cnc3c(C)cccc3c2=O)o1. The number of furan rings is 1. The van der Waals surface area contributed by atoms with Gasteiger partial charge in [0.25, 0.3) is 5.56 Å². The quantitative estimate of drug-likeness (QED) is 0.738. The van der Waals surface area contributed by atoms with Crippen LogP contribution in [0.3, 0.4) is 0 Å². The molecule has 1 amide bonds. The Hall–Kier alpha value is -2.89. The Morgan fingerprint density at radius 3 is 2.75 bits per heavy atom. The van der Waals surface area contributed by atoms with Crippen molar-refractivity contribution in [2.24, 2.45) is 0 Å². The van der Waals surface area contributed by atoms with Crippen LogP contribution >= 0.6 is 0 Å². The molecule has 0 fully saturated rings. The highest BCUT2D eigenvalue weighted by atomic mass is 16.3. The maximum absolute atomic E-state index is 12.5. The highest BCUT2D eigenvalue weighted by molar-refractivity contribution is 5.81. The van der Waals surface area contributed by atoms with Gasteiger partial charge in [-0.2, -0.15) is 0 Å². The Morgan fingerprint density at radius 2 is 2.04 bits per heavy atom. The standard InChI is InChI=1S/C18H19N3O3/c1-12-5-4-6-15-17(12)19-11-21(18(15)23)10-16(22)20(3)9-14-8-7-13(2)24-14/h4-8,11H,9-10H2,1-3H3. The van der Waals surface area contributed by atoms with E-state index in [9.17, 15) is 9.59 Å². The van der Waals surface area contributed by atoms with Gasteiger partial charge in [-0.05, 0) is 37.6 Å². The summed E-state index contributed by atoms with van der Waals surface area (Å²) in [5, 5.41) is 0.523. The average Bonchev–Trinajstić information content (AvgIpc) is 2.95. The van der Waals surface area contributed by atoms with Crippen LogP contribution in [0.4, 0.5) is 0 Å². The van der Waals surface area contributed by atoms with E-state index in [1.165, 1.54) is 15.8 Å². The zero-order valence-corrected chi connectivity index (χ0v) is 13.9. The number of benzene rings is 1. The Balaban J connectivity index is 1.80. The van der Waals surface area contributed by atoms with Gasteiger partial charge in [-0.15, -0.1) is 0 Å². The van der Waals surface area contributed by atoms with E-state index in [4.69, 9.17) is 4.42 Å². The Labute approximate surface area is 139 Å². The van der Waals surface area contributed by atoms with Crippen molar-refractivity contribution in [3.8, 4) is 0 Å². The van der Waals surface area contributed by atoms with Crippen LogP contribution in [0, 0.1) is 13.8 Å². The van der Waals surface area contributed by atoms with E-state index in [-0.39, 0.29) is 18.0 Å². The molecule has 0 aliphatic heterocycles. The van der Waals surface area contributed by atoms with Crippen molar-refractivity contribution in [3.05, 3.63) is 64.1 Å². The third-order valence-electron chi connectivity index (χ3n) is 3.98. The maximum Gasteiger partial charge on any atom is 0.261 e. The zero-order valence-electron chi connectivity index (χ0n) is 13.9. The second-order valence-electron chi connectivity index (χ2n) is 5.91. The molecule has 1 aromatic carbocycles. The summed E-state index contributed by atoms with van der Waals surface area (Å²) in [7, 11) is 1.68. The largest absolute Gasteiger partial charge is 0.464 e. The first kappa shape index (κ1) is 16.0. The number of nitrogens with zero attached hydrogens (tertiary/aromatic N) is 3. The molecule has 124 valence electrons. The molecule has 0 saturated heterocycles. The number of likely N-dealkylation sites (N-methyl/N-ethyl adjacent to an activating group) is 1. The van der Waals surface area contributed by atoms with E-state index < -0.39 is 0 Å². The molecular formula is C18H19N3O3. The molecule has 2 heterocycles. The third kappa shape index (κ3) is 3.08. The molecule has 2 aromatic heterocycles. The molecule has 0 unspecified atom stereocenters. The number of aromatic nitrogens is 2. The van der Waals surface area contributed by atoms with Gasteiger partial charge in [0.05, 0.1) is 23.8 Å². The van der Waals surface area contributed by atoms with Crippen molar-refractivity contribution in [1.82, 2.24) is 14.5 Å². The fraction of sp³-hybridized carbons (Fsp3) is 0.278. The number of carbonyl (C=O) groups excluding carboxylic acids is 1. The Kier molecular flexibility index (Phi) is 4.20. The molecule has 24 heavy (non-hydrogen) atoms. The van der Waals surface area contributed by atoms with E-state index in [0.29, 0.717) is 23.2 Å². The predicted octanol–water partition coefficient (Wildman–Crippen LogP) is 2.26. The summed E-state index contributed by atoms with van der Waals surface area (Å²) >= 11 is 0. The summed E-state index contributed by atoms with van der Waals surface area (Å²) in [6.07, 6.45) is 1.43. The van der Waals surface area contributed by atoms with Crippen LogP contribution in [-0.2, 0) is 17.9 Å². The fourth-order valence-electron chi connectivity index (χ4n) is 2.61. The molecule has 0 atom stereocenters. The molecule has 0 saturated carbocycles. The Morgan fingerprint density at radius 1 is 1.25 bits per heavy atom.